The normalized spacial score (nSPS) is 11.9. The molecule has 0 aliphatic carbocycles. The average molecular weight is 254 g/mol. The Hall–Kier alpha value is -2.05. The number of carboxylic acids is 1. The van der Waals surface area contributed by atoms with E-state index >= 15 is 0 Å². The fourth-order valence-corrected chi connectivity index (χ4v) is 1.57. The van der Waals surface area contributed by atoms with Gasteiger partial charge in [0.05, 0.1) is 6.33 Å². The van der Waals surface area contributed by atoms with Crippen LogP contribution >= 0.6 is 0 Å². The Kier molecular flexibility index (Phi) is 5.16. The van der Waals surface area contributed by atoms with E-state index in [9.17, 15) is 9.59 Å². The minimum Gasteiger partial charge on any atom is -0.480 e. The van der Waals surface area contributed by atoms with E-state index in [1.165, 1.54) is 11.2 Å². The van der Waals surface area contributed by atoms with E-state index in [2.05, 4.69) is 15.3 Å². The highest BCUT2D eigenvalue weighted by Gasteiger charge is 2.22. The molecule has 1 aromatic rings. The van der Waals surface area contributed by atoms with Crippen molar-refractivity contribution in [2.24, 2.45) is 0 Å². The zero-order valence-electron chi connectivity index (χ0n) is 10.5. The number of carbonyl (C=O) groups excluding carboxylic acids is 1. The molecule has 0 spiro atoms. The van der Waals surface area contributed by atoms with Crippen molar-refractivity contribution in [2.45, 2.75) is 26.3 Å². The Morgan fingerprint density at radius 3 is 2.61 bits per heavy atom. The number of carboxylic acid groups (broad SMARTS) is 1. The number of nitrogens with one attached hydrogen (secondary N) is 2. The number of nitrogens with zero attached hydrogens (tertiary/aromatic N) is 2. The maximum absolute atomic E-state index is 11.8. The van der Waals surface area contributed by atoms with Crippen molar-refractivity contribution in [3.8, 4) is 0 Å². The number of imidazole rings is 1. The third-order valence-corrected chi connectivity index (χ3v) is 2.63. The molecular weight excluding hydrogens is 236 g/mol. The Labute approximate surface area is 105 Å². The molecule has 1 aromatic heterocycles. The molecule has 100 valence electrons. The molecule has 1 atom stereocenters. The molecule has 0 fully saturated rings. The van der Waals surface area contributed by atoms with E-state index < -0.39 is 12.0 Å². The van der Waals surface area contributed by atoms with Gasteiger partial charge in [-0.1, -0.05) is 0 Å². The van der Waals surface area contributed by atoms with Crippen molar-refractivity contribution in [1.82, 2.24) is 20.2 Å². The third-order valence-electron chi connectivity index (χ3n) is 2.63. The summed E-state index contributed by atoms with van der Waals surface area (Å²) in [5.41, 5.74) is 0.669. The van der Waals surface area contributed by atoms with Gasteiger partial charge < -0.3 is 20.3 Å². The third kappa shape index (κ3) is 3.76. The zero-order valence-corrected chi connectivity index (χ0v) is 10.5. The predicted octanol–water partition coefficient (Wildman–Crippen LogP) is 0.457. The van der Waals surface area contributed by atoms with Crippen LogP contribution in [0.3, 0.4) is 0 Å². The summed E-state index contributed by atoms with van der Waals surface area (Å²) < 4.78 is 0. The van der Waals surface area contributed by atoms with Crippen LogP contribution in [0.4, 0.5) is 4.79 Å². The lowest BCUT2D eigenvalue weighted by molar-refractivity contribution is -0.139. The molecule has 18 heavy (non-hydrogen) atoms. The van der Waals surface area contributed by atoms with E-state index in [-0.39, 0.29) is 12.5 Å². The fraction of sp³-hybridized carbons (Fsp3) is 0.545. The van der Waals surface area contributed by atoms with Gasteiger partial charge >= 0.3 is 12.0 Å². The minimum atomic E-state index is -1.06. The fourth-order valence-electron chi connectivity index (χ4n) is 1.57. The Morgan fingerprint density at radius 1 is 1.50 bits per heavy atom. The van der Waals surface area contributed by atoms with Gasteiger partial charge in [0.25, 0.3) is 0 Å². The lowest BCUT2D eigenvalue weighted by Crippen LogP contribution is -2.48. The number of amides is 2. The van der Waals surface area contributed by atoms with Crippen LogP contribution in [0, 0.1) is 0 Å². The lowest BCUT2D eigenvalue weighted by atomic mass is 10.1. The number of carbonyl (C=O) groups is 2. The van der Waals surface area contributed by atoms with Crippen molar-refractivity contribution < 1.29 is 14.7 Å². The molecule has 7 nitrogen and oxygen atoms in total. The van der Waals surface area contributed by atoms with E-state index in [0.717, 1.165) is 0 Å². The van der Waals surface area contributed by atoms with Gasteiger partial charge in [-0.15, -0.1) is 0 Å². The number of aliphatic carboxylic acids is 1. The lowest BCUT2D eigenvalue weighted by Gasteiger charge is -2.22. The van der Waals surface area contributed by atoms with Gasteiger partial charge in [0.1, 0.15) is 6.04 Å². The second-order valence-electron chi connectivity index (χ2n) is 3.79. The van der Waals surface area contributed by atoms with Crippen LogP contribution in [0.25, 0.3) is 0 Å². The Balaban J connectivity index is 2.63. The van der Waals surface area contributed by atoms with Crippen LogP contribution in [-0.4, -0.2) is 51.1 Å². The maximum atomic E-state index is 11.8. The summed E-state index contributed by atoms with van der Waals surface area (Å²) in [6, 6.07) is -1.33. The molecule has 0 aliphatic rings. The van der Waals surface area contributed by atoms with E-state index in [1.807, 2.05) is 13.8 Å². The highest BCUT2D eigenvalue weighted by Crippen LogP contribution is 2.00. The van der Waals surface area contributed by atoms with Crippen molar-refractivity contribution in [1.29, 1.82) is 0 Å². The number of rotatable bonds is 6. The van der Waals surface area contributed by atoms with Crippen LogP contribution in [0.1, 0.15) is 19.5 Å². The van der Waals surface area contributed by atoms with Gasteiger partial charge in [-0.25, -0.2) is 14.6 Å². The molecule has 0 aliphatic heterocycles. The topological polar surface area (TPSA) is 98.3 Å². The van der Waals surface area contributed by atoms with Crippen molar-refractivity contribution in [3.63, 3.8) is 0 Å². The molecule has 0 bridgehead atoms. The predicted molar refractivity (Wildman–Crippen MR) is 65.2 cm³/mol. The van der Waals surface area contributed by atoms with Gasteiger partial charge in [-0.3, -0.25) is 0 Å². The monoisotopic (exact) mass is 254 g/mol. The standard InChI is InChI=1S/C11H18N4O3/c1-3-15(4-2)11(18)14-9(10(16)17)5-8-6-12-7-13-8/h6-7,9H,3-5H2,1-2H3,(H,12,13)(H,14,18)(H,16,17). The molecule has 1 rings (SSSR count). The van der Waals surface area contributed by atoms with Gasteiger partial charge in [-0.2, -0.15) is 0 Å². The SMILES string of the molecule is CCN(CC)C(=O)NC(Cc1cnc[nH]1)C(=O)O. The van der Waals surface area contributed by atoms with Crippen molar-refractivity contribution in [3.05, 3.63) is 18.2 Å². The van der Waals surface area contributed by atoms with Gasteiger partial charge in [-0.05, 0) is 13.8 Å². The van der Waals surface area contributed by atoms with E-state index in [0.29, 0.717) is 18.8 Å². The van der Waals surface area contributed by atoms with Crippen LogP contribution < -0.4 is 5.32 Å². The first-order valence-corrected chi connectivity index (χ1v) is 5.84. The number of hydrogen-bond donors (Lipinski definition) is 3. The molecule has 0 radical (unpaired) electrons. The first-order valence-electron chi connectivity index (χ1n) is 5.84. The van der Waals surface area contributed by atoms with Crippen LogP contribution in [0.2, 0.25) is 0 Å². The smallest absolute Gasteiger partial charge is 0.326 e. The van der Waals surface area contributed by atoms with Crippen LogP contribution in [0.5, 0.6) is 0 Å². The average Bonchev–Trinajstić information content (AvgIpc) is 2.82. The van der Waals surface area contributed by atoms with Crippen LogP contribution in [0.15, 0.2) is 12.5 Å². The van der Waals surface area contributed by atoms with Crippen LogP contribution in [-0.2, 0) is 11.2 Å². The summed E-state index contributed by atoms with van der Waals surface area (Å²) in [5, 5.41) is 11.6. The first-order chi connectivity index (χ1) is 8.58. The summed E-state index contributed by atoms with van der Waals surface area (Å²) in [5.74, 6) is -1.06. The number of aromatic nitrogens is 2. The molecule has 0 saturated heterocycles. The van der Waals surface area contributed by atoms with Gasteiger partial charge in [0.15, 0.2) is 0 Å². The van der Waals surface area contributed by atoms with Crippen molar-refractivity contribution >= 4 is 12.0 Å². The minimum absolute atomic E-state index is 0.183. The summed E-state index contributed by atoms with van der Waals surface area (Å²) in [4.78, 5) is 31.0. The van der Waals surface area contributed by atoms with Gasteiger partial charge in [0, 0.05) is 31.4 Å². The number of urea groups is 1. The Morgan fingerprint density at radius 2 is 2.17 bits per heavy atom. The second kappa shape index (κ2) is 6.63. The highest BCUT2D eigenvalue weighted by atomic mass is 16.4. The zero-order chi connectivity index (χ0) is 13.5. The molecule has 1 unspecified atom stereocenters. The van der Waals surface area contributed by atoms with Crippen molar-refractivity contribution in [2.75, 3.05) is 13.1 Å². The van der Waals surface area contributed by atoms with E-state index in [4.69, 9.17) is 5.11 Å². The number of hydrogen-bond acceptors (Lipinski definition) is 3. The second-order valence-corrected chi connectivity index (χ2v) is 3.79. The molecule has 3 N–H and O–H groups in total. The first kappa shape index (κ1) is 14.0. The molecule has 0 saturated carbocycles. The highest BCUT2D eigenvalue weighted by molar-refractivity contribution is 5.82. The molecule has 0 aromatic carbocycles. The number of H-pyrrole nitrogens is 1. The largest absolute Gasteiger partial charge is 0.480 e. The quantitative estimate of drug-likeness (QED) is 0.686. The maximum Gasteiger partial charge on any atom is 0.326 e. The van der Waals surface area contributed by atoms with Gasteiger partial charge in [0.2, 0.25) is 0 Å². The van der Waals surface area contributed by atoms with E-state index in [1.54, 1.807) is 6.20 Å². The molecular formula is C11H18N4O3. The molecule has 2 amide bonds. The number of aromatic amines is 1. The summed E-state index contributed by atoms with van der Waals surface area (Å²) in [6.07, 6.45) is 3.20. The summed E-state index contributed by atoms with van der Waals surface area (Å²) in [7, 11) is 0. The summed E-state index contributed by atoms with van der Waals surface area (Å²) in [6.45, 7) is 4.76. The Bertz CT molecular complexity index is 387. The molecule has 1 heterocycles. The molecule has 7 heteroatoms. The summed E-state index contributed by atoms with van der Waals surface area (Å²) >= 11 is 0.